The number of benzene rings is 2. The van der Waals surface area contributed by atoms with Gasteiger partial charge in [0.1, 0.15) is 17.4 Å². The smallest absolute Gasteiger partial charge is 0.336 e. The predicted octanol–water partition coefficient (Wildman–Crippen LogP) is 4.14. The van der Waals surface area contributed by atoms with Gasteiger partial charge in [-0.25, -0.2) is 9.18 Å². The van der Waals surface area contributed by atoms with Gasteiger partial charge >= 0.3 is 11.6 Å². The first-order chi connectivity index (χ1) is 11.8. The molecule has 0 aliphatic rings. The molecule has 1 atom stereocenters. The maximum absolute atomic E-state index is 13.3. The van der Waals surface area contributed by atoms with Gasteiger partial charge in [0.15, 0.2) is 0 Å². The third-order valence-corrected chi connectivity index (χ3v) is 4.03. The van der Waals surface area contributed by atoms with Crippen LogP contribution in [0.4, 0.5) is 10.1 Å². The first kappa shape index (κ1) is 17.0. The summed E-state index contributed by atoms with van der Waals surface area (Å²) in [6, 6.07) is 9.29. The zero-order chi connectivity index (χ0) is 18.1. The summed E-state index contributed by atoms with van der Waals surface area (Å²) < 4.78 is 18.5. The number of anilines is 1. The molecule has 1 aromatic heterocycles. The van der Waals surface area contributed by atoms with Crippen molar-refractivity contribution in [1.82, 2.24) is 0 Å². The second-order valence-corrected chi connectivity index (χ2v) is 5.93. The number of fused-ring (bicyclic) bond motifs is 1. The summed E-state index contributed by atoms with van der Waals surface area (Å²) >= 11 is 6.10. The predicted molar refractivity (Wildman–Crippen MR) is 93.6 cm³/mol. The zero-order valence-corrected chi connectivity index (χ0v) is 13.8. The van der Waals surface area contributed by atoms with E-state index in [-0.39, 0.29) is 10.6 Å². The van der Waals surface area contributed by atoms with Gasteiger partial charge in [-0.15, -0.1) is 0 Å². The van der Waals surface area contributed by atoms with E-state index in [1.807, 2.05) is 0 Å². The number of carbonyl (C=O) groups is 1. The molecule has 2 aromatic carbocycles. The minimum atomic E-state index is -1.01. The fraction of sp³-hybridized carbons (Fsp3) is 0.111. The van der Waals surface area contributed by atoms with E-state index in [0.29, 0.717) is 22.2 Å². The van der Waals surface area contributed by atoms with Crippen molar-refractivity contribution in [3.63, 3.8) is 0 Å². The Balaban J connectivity index is 2.14. The third kappa shape index (κ3) is 3.49. The van der Waals surface area contributed by atoms with Gasteiger partial charge in [0.2, 0.25) is 0 Å². The Kier molecular flexibility index (Phi) is 4.46. The van der Waals surface area contributed by atoms with Crippen LogP contribution in [0.3, 0.4) is 0 Å². The molecule has 1 heterocycles. The van der Waals surface area contributed by atoms with Crippen LogP contribution in [0.25, 0.3) is 22.1 Å². The maximum atomic E-state index is 13.3. The molecule has 3 rings (SSSR count). The van der Waals surface area contributed by atoms with E-state index in [4.69, 9.17) is 21.1 Å². The Morgan fingerprint density at radius 1 is 1.20 bits per heavy atom. The summed E-state index contributed by atoms with van der Waals surface area (Å²) in [5.74, 6) is -1.48. The average molecular weight is 362 g/mol. The summed E-state index contributed by atoms with van der Waals surface area (Å²) in [4.78, 5) is 22.8. The Hall–Kier alpha value is -2.86. The lowest BCUT2D eigenvalue weighted by Crippen LogP contribution is -2.25. The highest BCUT2D eigenvalue weighted by Crippen LogP contribution is 2.33. The van der Waals surface area contributed by atoms with Gasteiger partial charge < -0.3 is 14.8 Å². The van der Waals surface area contributed by atoms with E-state index in [0.717, 1.165) is 0 Å². The summed E-state index contributed by atoms with van der Waals surface area (Å²) in [6.07, 6.45) is 0. The van der Waals surface area contributed by atoms with Crippen LogP contribution in [-0.4, -0.2) is 17.1 Å². The van der Waals surface area contributed by atoms with Crippen molar-refractivity contribution in [2.75, 3.05) is 5.32 Å². The highest BCUT2D eigenvalue weighted by molar-refractivity contribution is 6.33. The summed E-state index contributed by atoms with van der Waals surface area (Å²) in [5.41, 5.74) is 1.18. The van der Waals surface area contributed by atoms with Crippen LogP contribution in [0, 0.1) is 5.82 Å². The van der Waals surface area contributed by atoms with Gasteiger partial charge in [-0.3, -0.25) is 4.79 Å². The van der Waals surface area contributed by atoms with Crippen molar-refractivity contribution in [2.45, 2.75) is 13.0 Å². The lowest BCUT2D eigenvalue weighted by Gasteiger charge is -2.12. The van der Waals surface area contributed by atoms with Crippen LogP contribution in [0.1, 0.15) is 6.92 Å². The topological polar surface area (TPSA) is 79.5 Å². The first-order valence-electron chi connectivity index (χ1n) is 7.38. The molecule has 5 nitrogen and oxygen atoms in total. The monoisotopic (exact) mass is 361 g/mol. The Labute approximate surface area is 146 Å². The quantitative estimate of drug-likeness (QED) is 0.683. The second-order valence-electron chi connectivity index (χ2n) is 5.52. The van der Waals surface area contributed by atoms with Crippen molar-refractivity contribution in [3.05, 3.63) is 63.7 Å². The van der Waals surface area contributed by atoms with Gasteiger partial charge in [0.05, 0.1) is 5.02 Å². The van der Waals surface area contributed by atoms with Gasteiger partial charge in [-0.2, -0.15) is 0 Å². The van der Waals surface area contributed by atoms with Crippen molar-refractivity contribution >= 4 is 34.2 Å². The first-order valence-corrected chi connectivity index (χ1v) is 7.75. The number of nitrogens with one attached hydrogen (secondary N) is 1. The molecule has 0 saturated heterocycles. The molecule has 0 fully saturated rings. The molecular weight excluding hydrogens is 349 g/mol. The standard InChI is InChI=1S/C18H13ClFNO4/c1-9(18(23)24)21-11-3-5-13-14(8-17(22)25-16(13)7-11)12-4-2-10(20)6-15(12)19/h2-9,21H,1H3,(H,23,24). The lowest BCUT2D eigenvalue weighted by molar-refractivity contribution is -0.137. The third-order valence-electron chi connectivity index (χ3n) is 3.72. The van der Waals surface area contributed by atoms with E-state index in [2.05, 4.69) is 5.32 Å². The molecule has 0 radical (unpaired) electrons. The van der Waals surface area contributed by atoms with Crippen LogP contribution in [0.5, 0.6) is 0 Å². The van der Waals surface area contributed by atoms with Crippen LogP contribution < -0.4 is 10.9 Å². The van der Waals surface area contributed by atoms with E-state index >= 15 is 0 Å². The molecule has 3 aromatic rings. The van der Waals surface area contributed by atoms with Crippen molar-refractivity contribution < 1.29 is 18.7 Å². The molecule has 0 bridgehead atoms. The Morgan fingerprint density at radius 3 is 2.64 bits per heavy atom. The number of carboxylic acids is 1. The van der Waals surface area contributed by atoms with Gasteiger partial charge in [-0.1, -0.05) is 11.6 Å². The summed E-state index contributed by atoms with van der Waals surface area (Å²) in [6.45, 7) is 1.50. The largest absolute Gasteiger partial charge is 0.480 e. The molecule has 25 heavy (non-hydrogen) atoms. The molecule has 0 saturated carbocycles. The van der Waals surface area contributed by atoms with E-state index < -0.39 is 23.5 Å². The minimum absolute atomic E-state index is 0.175. The lowest BCUT2D eigenvalue weighted by atomic mass is 10.0. The Morgan fingerprint density at radius 2 is 1.96 bits per heavy atom. The van der Waals surface area contributed by atoms with Crippen LogP contribution in [0.15, 0.2) is 51.7 Å². The molecule has 0 aliphatic carbocycles. The minimum Gasteiger partial charge on any atom is -0.480 e. The summed E-state index contributed by atoms with van der Waals surface area (Å²) in [7, 11) is 0. The van der Waals surface area contributed by atoms with Crippen LogP contribution >= 0.6 is 11.6 Å². The van der Waals surface area contributed by atoms with E-state index in [1.165, 1.54) is 37.3 Å². The van der Waals surface area contributed by atoms with Crippen LogP contribution in [0.2, 0.25) is 5.02 Å². The fourth-order valence-electron chi connectivity index (χ4n) is 2.49. The van der Waals surface area contributed by atoms with E-state index in [9.17, 15) is 14.0 Å². The molecule has 2 N–H and O–H groups in total. The van der Waals surface area contributed by atoms with E-state index in [1.54, 1.807) is 12.1 Å². The molecule has 0 aliphatic heterocycles. The van der Waals surface area contributed by atoms with Gasteiger partial charge in [-0.05, 0) is 37.3 Å². The number of hydrogen-bond donors (Lipinski definition) is 2. The number of hydrogen-bond acceptors (Lipinski definition) is 4. The SMILES string of the molecule is CC(Nc1ccc2c(-c3ccc(F)cc3Cl)cc(=O)oc2c1)C(=O)O. The number of halogens is 2. The van der Waals surface area contributed by atoms with Crippen molar-refractivity contribution in [3.8, 4) is 11.1 Å². The highest BCUT2D eigenvalue weighted by atomic mass is 35.5. The number of aliphatic carboxylic acids is 1. The van der Waals surface area contributed by atoms with Crippen LogP contribution in [-0.2, 0) is 4.79 Å². The Bertz CT molecular complexity index is 1030. The van der Waals surface area contributed by atoms with Gasteiger partial charge in [0.25, 0.3) is 0 Å². The second kappa shape index (κ2) is 6.57. The highest BCUT2D eigenvalue weighted by Gasteiger charge is 2.14. The molecule has 1 unspecified atom stereocenters. The molecular formula is C18H13ClFNO4. The van der Waals surface area contributed by atoms with Crippen molar-refractivity contribution in [1.29, 1.82) is 0 Å². The molecule has 128 valence electrons. The zero-order valence-electron chi connectivity index (χ0n) is 13.0. The molecule has 0 amide bonds. The summed E-state index contributed by atoms with van der Waals surface area (Å²) in [5, 5.41) is 12.5. The fourth-order valence-corrected chi connectivity index (χ4v) is 2.76. The molecule has 0 spiro atoms. The number of carboxylic acid groups (broad SMARTS) is 1. The van der Waals surface area contributed by atoms with Gasteiger partial charge in [0, 0.05) is 34.3 Å². The molecule has 7 heteroatoms. The maximum Gasteiger partial charge on any atom is 0.336 e. The number of rotatable bonds is 4. The average Bonchev–Trinajstić information content (AvgIpc) is 2.53. The normalized spacial score (nSPS) is 12.1. The van der Waals surface area contributed by atoms with Crippen molar-refractivity contribution in [2.24, 2.45) is 0 Å².